The molecule has 2 rings (SSSR count). The van der Waals surface area contributed by atoms with Gasteiger partial charge in [-0.3, -0.25) is 9.36 Å². The van der Waals surface area contributed by atoms with Crippen LogP contribution in [0.1, 0.15) is 15.9 Å². The van der Waals surface area contributed by atoms with E-state index in [2.05, 4.69) is 14.8 Å². The maximum Gasteiger partial charge on any atom is 0.335 e. The fourth-order valence-electron chi connectivity index (χ4n) is 2.35. The van der Waals surface area contributed by atoms with E-state index in [9.17, 15) is 19.0 Å². The second-order valence-electron chi connectivity index (χ2n) is 5.61. The minimum absolute atomic E-state index is 0.0281. The van der Waals surface area contributed by atoms with Gasteiger partial charge in [-0.1, -0.05) is 30.3 Å². The lowest BCUT2D eigenvalue weighted by Gasteiger charge is -2.19. The zero-order valence-corrected chi connectivity index (χ0v) is 14.9. The smallest absolute Gasteiger partial charge is 0.335 e. The highest BCUT2D eigenvalue weighted by Crippen LogP contribution is 2.43. The Hall–Kier alpha value is -2.54. The number of carbonyl (C=O) groups is 2. The van der Waals surface area contributed by atoms with Crippen LogP contribution in [0.4, 0.5) is 5.82 Å². The van der Waals surface area contributed by atoms with Crippen LogP contribution in [-0.2, 0) is 20.3 Å². The van der Waals surface area contributed by atoms with Crippen LogP contribution >= 0.6 is 7.60 Å². The molecule has 8 nitrogen and oxygen atoms in total. The number of hydrogen-bond acceptors (Lipinski definition) is 5. The van der Waals surface area contributed by atoms with E-state index in [1.165, 1.54) is 18.3 Å². The molecule has 138 valence electrons. The Bertz CT molecular complexity index is 827. The first-order chi connectivity index (χ1) is 12.3. The first-order valence-electron chi connectivity index (χ1n) is 7.72. The van der Waals surface area contributed by atoms with Gasteiger partial charge in [0.15, 0.2) is 0 Å². The van der Waals surface area contributed by atoms with Gasteiger partial charge in [0.25, 0.3) is 0 Å². The molecule has 0 saturated heterocycles. The molecule has 0 aliphatic heterocycles. The van der Waals surface area contributed by atoms with Crippen molar-refractivity contribution in [2.24, 2.45) is 5.92 Å². The van der Waals surface area contributed by atoms with E-state index in [1.54, 1.807) is 24.3 Å². The molecule has 1 amide bonds. The van der Waals surface area contributed by atoms with E-state index in [-0.39, 0.29) is 24.0 Å². The van der Waals surface area contributed by atoms with Crippen LogP contribution < -0.4 is 5.32 Å². The Morgan fingerprint density at radius 2 is 1.96 bits per heavy atom. The molecule has 2 unspecified atom stereocenters. The van der Waals surface area contributed by atoms with Gasteiger partial charge in [-0.15, -0.1) is 0 Å². The number of carboxylic acids is 1. The fraction of sp³-hybridized carbons (Fsp3) is 0.235. The van der Waals surface area contributed by atoms with Gasteiger partial charge in [0.2, 0.25) is 5.91 Å². The number of benzene rings is 1. The first kappa shape index (κ1) is 19.8. The largest absolute Gasteiger partial charge is 0.478 e. The minimum Gasteiger partial charge on any atom is -0.478 e. The number of carbonyl (C=O) groups excluding carboxylic acids is 1. The Morgan fingerprint density at radius 3 is 2.58 bits per heavy atom. The summed E-state index contributed by atoms with van der Waals surface area (Å²) in [5, 5.41) is 11.5. The van der Waals surface area contributed by atoms with Crippen molar-refractivity contribution in [3.8, 4) is 0 Å². The topological polar surface area (TPSA) is 126 Å². The molecule has 1 aromatic heterocycles. The van der Waals surface area contributed by atoms with Crippen LogP contribution in [0.15, 0.2) is 48.7 Å². The molecule has 26 heavy (non-hydrogen) atoms. The Kier molecular flexibility index (Phi) is 6.63. The second kappa shape index (κ2) is 8.71. The van der Waals surface area contributed by atoms with Gasteiger partial charge < -0.3 is 19.8 Å². The molecule has 0 aliphatic rings. The molecule has 0 saturated carbocycles. The highest BCUT2D eigenvalue weighted by molar-refractivity contribution is 7.52. The van der Waals surface area contributed by atoms with Gasteiger partial charge in [-0.05, 0) is 24.1 Å². The minimum atomic E-state index is -3.93. The summed E-state index contributed by atoms with van der Waals surface area (Å²) in [5.74, 6) is -2.50. The Labute approximate surface area is 150 Å². The van der Waals surface area contributed by atoms with Crippen molar-refractivity contribution >= 4 is 25.3 Å². The van der Waals surface area contributed by atoms with Crippen LogP contribution in [-0.4, -0.2) is 40.1 Å². The number of hydrogen-bond donors (Lipinski definition) is 3. The molecule has 3 N–H and O–H groups in total. The highest BCUT2D eigenvalue weighted by atomic mass is 31.2. The van der Waals surface area contributed by atoms with Crippen LogP contribution in [0.2, 0.25) is 0 Å². The number of nitrogens with zero attached hydrogens (tertiary/aromatic N) is 1. The van der Waals surface area contributed by atoms with Gasteiger partial charge in [0.1, 0.15) is 5.82 Å². The summed E-state index contributed by atoms with van der Waals surface area (Å²) in [4.78, 5) is 37.3. The van der Waals surface area contributed by atoms with E-state index >= 15 is 0 Å². The van der Waals surface area contributed by atoms with Crippen LogP contribution in [0.3, 0.4) is 0 Å². The van der Waals surface area contributed by atoms with Crippen LogP contribution in [0.5, 0.6) is 0 Å². The maximum absolute atomic E-state index is 12.6. The molecule has 0 aliphatic carbocycles. The van der Waals surface area contributed by atoms with Crippen molar-refractivity contribution in [3.05, 3.63) is 59.8 Å². The number of aromatic nitrogens is 1. The predicted octanol–water partition coefficient (Wildman–Crippen LogP) is 2.41. The van der Waals surface area contributed by atoms with Crippen molar-refractivity contribution < 1.29 is 28.7 Å². The number of aromatic carboxylic acids is 1. The lowest BCUT2D eigenvalue weighted by Crippen LogP contribution is -2.28. The fourth-order valence-corrected chi connectivity index (χ4v) is 3.35. The van der Waals surface area contributed by atoms with Gasteiger partial charge in [0, 0.05) is 13.3 Å². The lowest BCUT2D eigenvalue weighted by molar-refractivity contribution is -0.119. The summed E-state index contributed by atoms with van der Waals surface area (Å²) < 4.78 is 16.5. The normalized spacial score (nSPS) is 14.2. The predicted molar refractivity (Wildman–Crippen MR) is 95.2 cm³/mol. The first-order valence-corrected chi connectivity index (χ1v) is 9.48. The summed E-state index contributed by atoms with van der Waals surface area (Å²) in [7, 11) is -2.82. The molecule has 0 spiro atoms. The molecule has 9 heteroatoms. The zero-order valence-electron chi connectivity index (χ0n) is 14.0. The Morgan fingerprint density at radius 1 is 1.27 bits per heavy atom. The van der Waals surface area contributed by atoms with E-state index in [4.69, 9.17) is 5.11 Å². The molecule has 1 aromatic carbocycles. The number of pyridine rings is 1. The lowest BCUT2D eigenvalue weighted by atomic mass is 10.0. The number of carboxylic acid groups (broad SMARTS) is 1. The molecule has 0 bridgehead atoms. The highest BCUT2D eigenvalue weighted by Gasteiger charge is 2.29. The third kappa shape index (κ3) is 5.77. The number of rotatable bonds is 8. The monoisotopic (exact) mass is 378 g/mol. The molecule has 2 atom stereocenters. The third-order valence-electron chi connectivity index (χ3n) is 3.69. The van der Waals surface area contributed by atoms with Gasteiger partial charge in [-0.2, -0.15) is 0 Å². The number of amides is 1. The van der Waals surface area contributed by atoms with E-state index < -0.39 is 25.4 Å². The number of nitrogens with one attached hydrogen (secondary N) is 1. The van der Waals surface area contributed by atoms with Crippen LogP contribution in [0.25, 0.3) is 0 Å². The Balaban J connectivity index is 2.20. The summed E-state index contributed by atoms with van der Waals surface area (Å²) in [6, 6.07) is 11.6. The summed E-state index contributed by atoms with van der Waals surface area (Å²) in [6.45, 7) is 0. The van der Waals surface area contributed by atoms with E-state index in [1.807, 2.05) is 6.07 Å². The molecule has 2 aromatic rings. The maximum atomic E-state index is 12.6. The molecule has 1 heterocycles. The standard InChI is InChI=1S/C17H19N2O6P/c1-25-26(23,24)11-14(9-12-5-3-2-4-6-12)16(20)19-15-10-13(17(21)22)7-8-18-15/h2-8,10,14H,9,11H2,1H3,(H,21,22)(H,23,24)(H,18,19,20). The summed E-state index contributed by atoms with van der Waals surface area (Å²) >= 11 is 0. The second-order valence-corrected chi connectivity index (χ2v) is 7.62. The average Bonchev–Trinajstić information content (AvgIpc) is 2.62. The molecule has 0 radical (unpaired) electrons. The third-order valence-corrected chi connectivity index (χ3v) is 5.16. The van der Waals surface area contributed by atoms with Crippen molar-refractivity contribution in [1.82, 2.24) is 4.98 Å². The van der Waals surface area contributed by atoms with Crippen molar-refractivity contribution in [3.63, 3.8) is 0 Å². The summed E-state index contributed by atoms with van der Waals surface area (Å²) in [6.07, 6.45) is 1.11. The summed E-state index contributed by atoms with van der Waals surface area (Å²) in [5.41, 5.74) is 0.788. The SMILES string of the molecule is COP(=O)(O)CC(Cc1ccccc1)C(=O)Nc1cc(C(=O)O)ccn1. The molecular formula is C17H19N2O6P. The van der Waals surface area contributed by atoms with E-state index in [0.29, 0.717) is 0 Å². The quantitative estimate of drug-likeness (QED) is 0.602. The molecular weight excluding hydrogens is 359 g/mol. The van der Waals surface area contributed by atoms with Crippen LogP contribution in [0, 0.1) is 5.92 Å². The van der Waals surface area contributed by atoms with Crippen molar-refractivity contribution in [2.75, 3.05) is 18.6 Å². The van der Waals surface area contributed by atoms with Crippen molar-refractivity contribution in [2.45, 2.75) is 6.42 Å². The molecule has 0 fully saturated rings. The van der Waals surface area contributed by atoms with Crippen molar-refractivity contribution in [1.29, 1.82) is 0 Å². The van der Waals surface area contributed by atoms with Gasteiger partial charge >= 0.3 is 13.6 Å². The average molecular weight is 378 g/mol. The van der Waals surface area contributed by atoms with Gasteiger partial charge in [0.05, 0.1) is 17.6 Å². The van der Waals surface area contributed by atoms with Gasteiger partial charge in [-0.25, -0.2) is 9.78 Å². The number of anilines is 1. The zero-order chi connectivity index (χ0) is 19.2. The van der Waals surface area contributed by atoms with E-state index in [0.717, 1.165) is 12.7 Å².